The number of hydrogen-bond donors (Lipinski definition) is 3. The first-order valence-corrected chi connectivity index (χ1v) is 11.4. The fourth-order valence-corrected chi connectivity index (χ4v) is 5.51. The standard InChI is InChI=1S/C22H33N5O/c28-22-17-10-4-3-9-16(17)19-20(18-11-5-12-24-18)26-27(21(19)25-22)14-6-13-23-15-7-1-2-8-15/h15,18,23-24H,1-14H2,(H,25,28)/t18-/m1/s1. The summed E-state index contributed by atoms with van der Waals surface area (Å²) in [6, 6.07) is 1.04. The Hall–Kier alpha value is -1.66. The summed E-state index contributed by atoms with van der Waals surface area (Å²) in [6.07, 6.45) is 13.0. The number of fused-ring (bicyclic) bond motifs is 3. The molecule has 1 saturated carbocycles. The van der Waals surface area contributed by atoms with E-state index >= 15 is 0 Å². The fourth-order valence-electron chi connectivity index (χ4n) is 5.51. The Morgan fingerprint density at radius 2 is 1.86 bits per heavy atom. The van der Waals surface area contributed by atoms with Crippen molar-refractivity contribution in [2.24, 2.45) is 0 Å². The van der Waals surface area contributed by atoms with E-state index in [-0.39, 0.29) is 5.56 Å². The topological polar surface area (TPSA) is 74.7 Å². The van der Waals surface area contributed by atoms with Crippen LogP contribution in [0, 0.1) is 0 Å². The predicted molar refractivity (Wildman–Crippen MR) is 112 cm³/mol. The molecule has 3 heterocycles. The van der Waals surface area contributed by atoms with Crippen LogP contribution in [0.1, 0.15) is 80.7 Å². The molecule has 1 aliphatic heterocycles. The maximum Gasteiger partial charge on any atom is 0.253 e. The van der Waals surface area contributed by atoms with Crippen molar-refractivity contribution in [1.82, 2.24) is 25.4 Å². The molecule has 5 rings (SSSR count). The molecule has 152 valence electrons. The van der Waals surface area contributed by atoms with Gasteiger partial charge in [0.1, 0.15) is 5.65 Å². The van der Waals surface area contributed by atoms with Crippen LogP contribution in [-0.4, -0.2) is 33.9 Å². The lowest BCUT2D eigenvalue weighted by atomic mass is 9.89. The van der Waals surface area contributed by atoms with Gasteiger partial charge in [-0.15, -0.1) is 0 Å². The first-order chi connectivity index (χ1) is 13.8. The number of nitrogens with one attached hydrogen (secondary N) is 3. The van der Waals surface area contributed by atoms with Gasteiger partial charge >= 0.3 is 0 Å². The molecular formula is C22H33N5O. The smallest absolute Gasteiger partial charge is 0.253 e. The van der Waals surface area contributed by atoms with Crippen LogP contribution in [0.3, 0.4) is 0 Å². The zero-order valence-electron chi connectivity index (χ0n) is 16.9. The Bertz CT molecular complexity index is 886. The highest BCUT2D eigenvalue weighted by atomic mass is 16.1. The summed E-state index contributed by atoms with van der Waals surface area (Å²) >= 11 is 0. The lowest BCUT2D eigenvalue weighted by Crippen LogP contribution is -2.27. The van der Waals surface area contributed by atoms with E-state index in [0.29, 0.717) is 12.1 Å². The molecule has 0 amide bonds. The largest absolute Gasteiger partial charge is 0.314 e. The van der Waals surface area contributed by atoms with Crippen molar-refractivity contribution in [3.63, 3.8) is 0 Å². The summed E-state index contributed by atoms with van der Waals surface area (Å²) in [5.74, 6) is 0. The molecule has 6 nitrogen and oxygen atoms in total. The third-order valence-corrected chi connectivity index (χ3v) is 6.98. The maximum absolute atomic E-state index is 12.7. The van der Waals surface area contributed by atoms with Crippen molar-refractivity contribution in [3.05, 3.63) is 27.2 Å². The van der Waals surface area contributed by atoms with Gasteiger partial charge in [0.05, 0.1) is 11.7 Å². The molecule has 0 unspecified atom stereocenters. The van der Waals surface area contributed by atoms with E-state index in [9.17, 15) is 4.79 Å². The van der Waals surface area contributed by atoms with Crippen LogP contribution in [0.15, 0.2) is 4.79 Å². The van der Waals surface area contributed by atoms with Crippen molar-refractivity contribution in [3.8, 4) is 0 Å². The number of aromatic amines is 1. The monoisotopic (exact) mass is 383 g/mol. The highest BCUT2D eigenvalue weighted by molar-refractivity contribution is 5.84. The van der Waals surface area contributed by atoms with Gasteiger partial charge in [0.15, 0.2) is 0 Å². The zero-order chi connectivity index (χ0) is 18.9. The van der Waals surface area contributed by atoms with Gasteiger partial charge in [-0.3, -0.25) is 4.79 Å². The van der Waals surface area contributed by atoms with Crippen LogP contribution in [0.4, 0.5) is 0 Å². The van der Waals surface area contributed by atoms with Crippen molar-refractivity contribution >= 4 is 11.0 Å². The average Bonchev–Trinajstić information content (AvgIpc) is 3.47. The fraction of sp³-hybridized carbons (Fsp3) is 0.727. The van der Waals surface area contributed by atoms with Gasteiger partial charge in [0.25, 0.3) is 5.56 Å². The van der Waals surface area contributed by atoms with Gasteiger partial charge in [-0.25, -0.2) is 4.68 Å². The number of hydrogen-bond acceptors (Lipinski definition) is 4. The maximum atomic E-state index is 12.7. The minimum Gasteiger partial charge on any atom is -0.314 e. The van der Waals surface area contributed by atoms with Gasteiger partial charge in [-0.2, -0.15) is 5.10 Å². The van der Waals surface area contributed by atoms with Crippen molar-refractivity contribution in [2.45, 2.75) is 89.3 Å². The van der Waals surface area contributed by atoms with Crippen LogP contribution in [0.5, 0.6) is 0 Å². The van der Waals surface area contributed by atoms with E-state index < -0.39 is 0 Å². The molecule has 0 aromatic carbocycles. The second kappa shape index (κ2) is 7.99. The highest BCUT2D eigenvalue weighted by Gasteiger charge is 2.28. The molecule has 0 radical (unpaired) electrons. The number of pyridine rings is 1. The second-order valence-electron chi connectivity index (χ2n) is 8.89. The first-order valence-electron chi connectivity index (χ1n) is 11.4. The zero-order valence-corrected chi connectivity index (χ0v) is 16.9. The second-order valence-corrected chi connectivity index (χ2v) is 8.89. The Morgan fingerprint density at radius 3 is 2.64 bits per heavy atom. The SMILES string of the molecule is O=c1[nH]c2c(c([C@H]3CCCN3)nn2CCCNC2CCCC2)c2c1CCCC2. The number of aryl methyl sites for hydroxylation is 2. The van der Waals surface area contributed by atoms with Crippen LogP contribution in [-0.2, 0) is 19.4 Å². The van der Waals surface area contributed by atoms with Crippen molar-refractivity contribution in [1.29, 1.82) is 0 Å². The lowest BCUT2D eigenvalue weighted by molar-refractivity contribution is 0.482. The van der Waals surface area contributed by atoms with Gasteiger partial charge in [0, 0.05) is 23.5 Å². The minimum atomic E-state index is 0.110. The van der Waals surface area contributed by atoms with E-state index in [0.717, 1.165) is 62.9 Å². The van der Waals surface area contributed by atoms with Crippen molar-refractivity contribution in [2.75, 3.05) is 13.1 Å². The summed E-state index contributed by atoms with van der Waals surface area (Å²) in [6.45, 7) is 2.95. The predicted octanol–water partition coefficient (Wildman–Crippen LogP) is 2.95. The Balaban J connectivity index is 1.44. The van der Waals surface area contributed by atoms with Gasteiger partial charge in [0.2, 0.25) is 0 Å². The van der Waals surface area contributed by atoms with Gasteiger partial charge < -0.3 is 15.6 Å². The van der Waals surface area contributed by atoms with Crippen LogP contribution < -0.4 is 16.2 Å². The number of nitrogens with zero attached hydrogens (tertiary/aromatic N) is 2. The summed E-state index contributed by atoms with van der Waals surface area (Å²) < 4.78 is 2.08. The molecule has 6 heteroatoms. The van der Waals surface area contributed by atoms with Crippen LogP contribution in [0.2, 0.25) is 0 Å². The summed E-state index contributed by atoms with van der Waals surface area (Å²) in [5.41, 5.74) is 4.53. The molecule has 1 atom stereocenters. The van der Waals surface area contributed by atoms with E-state index in [1.807, 2.05) is 0 Å². The number of rotatable bonds is 6. The third-order valence-electron chi connectivity index (χ3n) is 6.98. The molecule has 3 aliphatic rings. The van der Waals surface area contributed by atoms with E-state index in [1.165, 1.54) is 55.2 Å². The van der Waals surface area contributed by atoms with Gasteiger partial charge in [-0.1, -0.05) is 12.8 Å². The van der Waals surface area contributed by atoms with Crippen molar-refractivity contribution < 1.29 is 0 Å². The normalized spacial score (nSPS) is 22.9. The molecule has 0 spiro atoms. The van der Waals surface area contributed by atoms with E-state index in [4.69, 9.17) is 5.10 Å². The average molecular weight is 384 g/mol. The van der Waals surface area contributed by atoms with Crippen LogP contribution >= 0.6 is 0 Å². The lowest BCUT2D eigenvalue weighted by Gasteiger charge is -2.17. The molecule has 28 heavy (non-hydrogen) atoms. The summed E-state index contributed by atoms with van der Waals surface area (Å²) in [7, 11) is 0. The molecule has 2 aromatic rings. The molecular weight excluding hydrogens is 350 g/mol. The quantitative estimate of drug-likeness (QED) is 0.671. The molecule has 2 aliphatic carbocycles. The Morgan fingerprint density at radius 1 is 1.04 bits per heavy atom. The summed E-state index contributed by atoms with van der Waals surface area (Å²) in [4.78, 5) is 15.9. The Labute approximate surface area is 166 Å². The van der Waals surface area contributed by atoms with Crippen LogP contribution in [0.25, 0.3) is 11.0 Å². The third kappa shape index (κ3) is 3.41. The van der Waals surface area contributed by atoms with E-state index in [1.54, 1.807) is 0 Å². The molecule has 1 saturated heterocycles. The van der Waals surface area contributed by atoms with E-state index in [2.05, 4.69) is 20.3 Å². The summed E-state index contributed by atoms with van der Waals surface area (Å²) in [5, 5.41) is 13.6. The first kappa shape index (κ1) is 18.4. The highest BCUT2D eigenvalue weighted by Crippen LogP contribution is 2.33. The molecule has 2 aromatic heterocycles. The molecule has 2 fully saturated rings. The number of aromatic nitrogens is 3. The minimum absolute atomic E-state index is 0.110. The Kier molecular flexibility index (Phi) is 5.24. The molecule has 0 bridgehead atoms. The number of H-pyrrole nitrogens is 1. The van der Waals surface area contributed by atoms with Gasteiger partial charge in [-0.05, 0) is 76.4 Å². The molecule has 3 N–H and O–H groups in total.